The van der Waals surface area contributed by atoms with Crippen molar-refractivity contribution in [2.75, 3.05) is 0 Å². The highest BCUT2D eigenvalue weighted by Crippen LogP contribution is 2.29. The van der Waals surface area contributed by atoms with Crippen LogP contribution < -0.4 is 11.2 Å². The molecule has 0 atom stereocenters. The summed E-state index contributed by atoms with van der Waals surface area (Å²) in [5.41, 5.74) is -1.48. The van der Waals surface area contributed by atoms with Crippen LogP contribution in [-0.4, -0.2) is 9.55 Å². The monoisotopic (exact) mass is 184 g/mol. The molecule has 5 heteroatoms. The van der Waals surface area contributed by atoms with Gasteiger partial charge in [-0.25, -0.2) is 4.79 Å². The molecule has 1 aliphatic carbocycles. The quantitative estimate of drug-likeness (QED) is 0.708. The van der Waals surface area contributed by atoms with Crippen molar-refractivity contribution in [1.29, 1.82) is 0 Å². The van der Waals surface area contributed by atoms with Gasteiger partial charge in [-0.3, -0.25) is 14.3 Å². The van der Waals surface area contributed by atoms with Gasteiger partial charge in [-0.15, -0.1) is 0 Å². The standard InChI is InChI=1S/C8H9FN2O2/c9-6-4-11(3-5-1-2-5)8(13)10-7(6)12/h4-5H,1-3H2,(H,10,12,13). The van der Waals surface area contributed by atoms with Gasteiger partial charge >= 0.3 is 5.69 Å². The number of rotatable bonds is 2. The van der Waals surface area contributed by atoms with Gasteiger partial charge < -0.3 is 0 Å². The van der Waals surface area contributed by atoms with Crippen LogP contribution in [0.15, 0.2) is 15.8 Å². The number of H-pyrrole nitrogens is 1. The van der Waals surface area contributed by atoms with Crippen molar-refractivity contribution < 1.29 is 4.39 Å². The number of aromatic nitrogens is 2. The predicted molar refractivity (Wildman–Crippen MR) is 44.0 cm³/mol. The molecule has 1 saturated carbocycles. The number of hydrogen-bond donors (Lipinski definition) is 1. The number of aromatic amines is 1. The van der Waals surface area contributed by atoms with Crippen LogP contribution in [0.4, 0.5) is 4.39 Å². The lowest BCUT2D eigenvalue weighted by molar-refractivity contribution is 0.530. The maximum atomic E-state index is 12.7. The fourth-order valence-electron chi connectivity index (χ4n) is 1.20. The first kappa shape index (κ1) is 8.22. The third-order valence-corrected chi connectivity index (χ3v) is 2.12. The predicted octanol–water partition coefficient (Wildman–Crippen LogP) is 0.0857. The normalized spacial score (nSPS) is 16.1. The van der Waals surface area contributed by atoms with E-state index in [1.807, 2.05) is 4.98 Å². The molecule has 1 heterocycles. The highest BCUT2D eigenvalue weighted by atomic mass is 19.1. The van der Waals surface area contributed by atoms with Crippen molar-refractivity contribution in [2.45, 2.75) is 19.4 Å². The minimum Gasteiger partial charge on any atom is -0.297 e. The summed E-state index contributed by atoms with van der Waals surface area (Å²) in [4.78, 5) is 23.7. The van der Waals surface area contributed by atoms with Crippen molar-refractivity contribution in [1.82, 2.24) is 9.55 Å². The Morgan fingerprint density at radius 2 is 2.23 bits per heavy atom. The molecule has 0 bridgehead atoms. The van der Waals surface area contributed by atoms with E-state index in [1.165, 1.54) is 4.57 Å². The number of nitrogens with one attached hydrogen (secondary N) is 1. The van der Waals surface area contributed by atoms with Crippen LogP contribution in [0.2, 0.25) is 0 Å². The van der Waals surface area contributed by atoms with E-state index in [0.29, 0.717) is 12.5 Å². The molecule has 1 fully saturated rings. The second-order valence-electron chi connectivity index (χ2n) is 3.33. The van der Waals surface area contributed by atoms with Crippen LogP contribution >= 0.6 is 0 Å². The van der Waals surface area contributed by atoms with E-state index >= 15 is 0 Å². The van der Waals surface area contributed by atoms with Crippen molar-refractivity contribution in [2.24, 2.45) is 5.92 Å². The molecular weight excluding hydrogens is 175 g/mol. The first-order valence-corrected chi connectivity index (χ1v) is 4.16. The summed E-state index contributed by atoms with van der Waals surface area (Å²) in [6.45, 7) is 0.506. The Morgan fingerprint density at radius 1 is 1.54 bits per heavy atom. The van der Waals surface area contributed by atoms with E-state index in [2.05, 4.69) is 0 Å². The highest BCUT2D eigenvalue weighted by molar-refractivity contribution is 4.88. The largest absolute Gasteiger partial charge is 0.328 e. The van der Waals surface area contributed by atoms with Gasteiger partial charge in [0.05, 0.1) is 6.20 Å². The molecule has 0 unspecified atom stereocenters. The first-order valence-electron chi connectivity index (χ1n) is 4.16. The average Bonchev–Trinajstić information content (AvgIpc) is 2.84. The van der Waals surface area contributed by atoms with Crippen LogP contribution in [0.5, 0.6) is 0 Å². The van der Waals surface area contributed by atoms with E-state index in [4.69, 9.17) is 0 Å². The summed E-state index contributed by atoms with van der Waals surface area (Å²) in [7, 11) is 0. The molecule has 4 nitrogen and oxygen atoms in total. The van der Waals surface area contributed by atoms with E-state index in [0.717, 1.165) is 19.0 Å². The van der Waals surface area contributed by atoms with Gasteiger partial charge in [-0.05, 0) is 18.8 Å². The van der Waals surface area contributed by atoms with Crippen molar-refractivity contribution in [3.05, 3.63) is 32.9 Å². The fraction of sp³-hybridized carbons (Fsp3) is 0.500. The molecule has 0 aromatic carbocycles. The molecule has 1 aromatic rings. The molecule has 2 rings (SSSR count). The number of nitrogens with zero attached hydrogens (tertiary/aromatic N) is 1. The highest BCUT2D eigenvalue weighted by Gasteiger charge is 2.22. The minimum absolute atomic E-state index is 0.475. The Bertz CT molecular complexity index is 431. The smallest absolute Gasteiger partial charge is 0.297 e. The molecule has 0 aliphatic heterocycles. The zero-order valence-electron chi connectivity index (χ0n) is 6.92. The number of halogens is 1. The van der Waals surface area contributed by atoms with Crippen molar-refractivity contribution in [3.8, 4) is 0 Å². The number of hydrogen-bond acceptors (Lipinski definition) is 2. The Labute approximate surface area is 73.0 Å². The van der Waals surface area contributed by atoms with Gasteiger partial charge in [0.15, 0.2) is 0 Å². The van der Waals surface area contributed by atoms with Gasteiger partial charge in [0, 0.05) is 6.54 Å². The lowest BCUT2D eigenvalue weighted by Gasteiger charge is -2.01. The van der Waals surface area contributed by atoms with Crippen LogP contribution in [0, 0.1) is 11.7 Å². The second-order valence-corrected chi connectivity index (χ2v) is 3.33. The minimum atomic E-state index is -0.947. The third-order valence-electron chi connectivity index (χ3n) is 2.12. The summed E-state index contributed by atoms with van der Waals surface area (Å²) >= 11 is 0. The zero-order valence-corrected chi connectivity index (χ0v) is 6.92. The Morgan fingerprint density at radius 3 is 2.85 bits per heavy atom. The van der Waals surface area contributed by atoms with E-state index in [1.54, 1.807) is 0 Å². The Kier molecular flexibility index (Phi) is 1.79. The van der Waals surface area contributed by atoms with Crippen LogP contribution in [-0.2, 0) is 6.54 Å². The SMILES string of the molecule is O=c1[nH]c(=O)n(CC2CC2)cc1F. The van der Waals surface area contributed by atoms with Crippen LogP contribution in [0.25, 0.3) is 0 Å². The van der Waals surface area contributed by atoms with Gasteiger partial charge in [-0.2, -0.15) is 4.39 Å². The summed E-state index contributed by atoms with van der Waals surface area (Å²) < 4.78 is 13.9. The first-order chi connectivity index (χ1) is 6.16. The van der Waals surface area contributed by atoms with Gasteiger partial charge in [0.2, 0.25) is 5.82 Å². The average molecular weight is 184 g/mol. The molecule has 1 N–H and O–H groups in total. The lowest BCUT2D eigenvalue weighted by Crippen LogP contribution is -2.31. The maximum Gasteiger partial charge on any atom is 0.328 e. The maximum absolute atomic E-state index is 12.7. The fourth-order valence-corrected chi connectivity index (χ4v) is 1.20. The molecule has 0 spiro atoms. The third kappa shape index (κ3) is 1.68. The molecule has 1 aromatic heterocycles. The Hall–Kier alpha value is -1.39. The summed E-state index contributed by atoms with van der Waals surface area (Å²) in [5.74, 6) is -0.428. The molecule has 0 amide bonds. The van der Waals surface area contributed by atoms with Crippen LogP contribution in [0.1, 0.15) is 12.8 Å². The summed E-state index contributed by atoms with van der Waals surface area (Å²) in [5, 5.41) is 0. The van der Waals surface area contributed by atoms with E-state index < -0.39 is 17.1 Å². The molecule has 0 radical (unpaired) electrons. The molecule has 1 aliphatic rings. The molecule has 70 valence electrons. The van der Waals surface area contributed by atoms with Crippen molar-refractivity contribution >= 4 is 0 Å². The van der Waals surface area contributed by atoms with Crippen molar-refractivity contribution in [3.63, 3.8) is 0 Å². The van der Waals surface area contributed by atoms with Gasteiger partial charge in [-0.1, -0.05) is 0 Å². The summed E-state index contributed by atoms with van der Waals surface area (Å²) in [6.07, 6.45) is 3.12. The molecule has 0 saturated heterocycles. The van der Waals surface area contributed by atoms with E-state index in [9.17, 15) is 14.0 Å². The zero-order chi connectivity index (χ0) is 9.42. The second kappa shape index (κ2) is 2.83. The van der Waals surface area contributed by atoms with Gasteiger partial charge in [0.1, 0.15) is 0 Å². The molecular formula is C8H9FN2O2. The van der Waals surface area contributed by atoms with E-state index in [-0.39, 0.29) is 0 Å². The van der Waals surface area contributed by atoms with Gasteiger partial charge in [0.25, 0.3) is 5.56 Å². The Balaban J connectivity index is 2.38. The molecule has 13 heavy (non-hydrogen) atoms. The summed E-state index contributed by atoms with van der Waals surface area (Å²) in [6, 6.07) is 0. The van der Waals surface area contributed by atoms with Crippen LogP contribution in [0.3, 0.4) is 0 Å². The lowest BCUT2D eigenvalue weighted by atomic mass is 10.4. The topological polar surface area (TPSA) is 54.9 Å².